The zero-order valence-electron chi connectivity index (χ0n) is 30.7. The molecule has 1 aliphatic carbocycles. The second-order valence-electron chi connectivity index (χ2n) is 11.5. The quantitative estimate of drug-likeness (QED) is 0.0562. The van der Waals surface area contributed by atoms with Gasteiger partial charge in [0.25, 0.3) is 0 Å². The summed E-state index contributed by atoms with van der Waals surface area (Å²) in [6.45, 7) is 11.1. The van der Waals surface area contributed by atoms with Crippen molar-refractivity contribution in [2.75, 3.05) is 157 Å². The summed E-state index contributed by atoms with van der Waals surface area (Å²) in [5, 5.41) is 0. The lowest BCUT2D eigenvalue weighted by molar-refractivity contribution is -0.0263. The third-order valence-corrected chi connectivity index (χ3v) is 8.23. The molecule has 0 saturated carbocycles. The molecule has 0 aliphatic heterocycles. The van der Waals surface area contributed by atoms with E-state index in [4.69, 9.17) is 52.1 Å². The number of amides is 1. The highest BCUT2D eigenvalue weighted by atomic mass is 127. The number of benzene rings is 2. The summed E-state index contributed by atoms with van der Waals surface area (Å²) in [4.78, 5) is 14.1. The van der Waals surface area contributed by atoms with E-state index in [0.717, 1.165) is 11.0 Å². The predicted octanol–water partition coefficient (Wildman–Crippen LogP) is 4.47. The van der Waals surface area contributed by atoms with Crippen molar-refractivity contribution < 1.29 is 56.9 Å². The third-order valence-electron chi connectivity index (χ3n) is 7.79. The second kappa shape index (κ2) is 30.4. The van der Waals surface area contributed by atoms with Crippen LogP contribution < -0.4 is 0 Å². The van der Waals surface area contributed by atoms with E-state index in [-0.39, 0.29) is 12.0 Å². The van der Waals surface area contributed by atoms with Crippen molar-refractivity contribution in [2.45, 2.75) is 5.92 Å². The van der Waals surface area contributed by atoms with Crippen LogP contribution in [0.5, 0.6) is 0 Å². The van der Waals surface area contributed by atoms with Gasteiger partial charge in [0, 0.05) is 23.9 Å². The van der Waals surface area contributed by atoms with Crippen molar-refractivity contribution in [3.63, 3.8) is 0 Å². The first kappa shape index (κ1) is 44.4. The summed E-state index contributed by atoms with van der Waals surface area (Å²) in [5.74, 6) is 0.0404. The van der Waals surface area contributed by atoms with Gasteiger partial charge in [-0.15, -0.1) is 0 Å². The van der Waals surface area contributed by atoms with E-state index in [1.807, 2.05) is 24.3 Å². The molecule has 294 valence electrons. The molecule has 0 atom stereocenters. The molecule has 1 aliphatic rings. The molecule has 0 fully saturated rings. The van der Waals surface area contributed by atoms with Gasteiger partial charge in [-0.25, -0.2) is 4.79 Å². The third kappa shape index (κ3) is 19.4. The van der Waals surface area contributed by atoms with E-state index in [0.29, 0.717) is 139 Å². The first-order valence-electron chi connectivity index (χ1n) is 18.1. The van der Waals surface area contributed by atoms with E-state index in [9.17, 15) is 4.79 Å². The molecule has 0 N–H and O–H groups in total. The Labute approximate surface area is 322 Å². The van der Waals surface area contributed by atoms with Gasteiger partial charge in [-0.05, 0) is 22.3 Å². The molecule has 0 unspecified atom stereocenters. The molecule has 1 amide bonds. The van der Waals surface area contributed by atoms with Crippen LogP contribution in [0.4, 0.5) is 4.79 Å². The smallest absolute Gasteiger partial charge is 0.409 e. The highest BCUT2D eigenvalue weighted by molar-refractivity contribution is 14.1. The topological polar surface area (TPSA) is 122 Å². The van der Waals surface area contributed by atoms with Crippen molar-refractivity contribution in [3.8, 4) is 11.1 Å². The molecule has 2 aromatic rings. The van der Waals surface area contributed by atoms with Crippen molar-refractivity contribution in [3.05, 3.63) is 59.7 Å². The highest BCUT2D eigenvalue weighted by Crippen LogP contribution is 2.44. The van der Waals surface area contributed by atoms with Crippen molar-refractivity contribution in [1.29, 1.82) is 0 Å². The van der Waals surface area contributed by atoms with Crippen LogP contribution in [0.25, 0.3) is 11.1 Å². The lowest BCUT2D eigenvalue weighted by Gasteiger charge is -2.19. The van der Waals surface area contributed by atoms with E-state index in [1.165, 1.54) is 27.2 Å². The van der Waals surface area contributed by atoms with Gasteiger partial charge in [0.05, 0.1) is 132 Å². The highest BCUT2D eigenvalue weighted by Gasteiger charge is 2.29. The van der Waals surface area contributed by atoms with Crippen LogP contribution in [0.1, 0.15) is 17.0 Å². The Bertz CT molecular complexity index is 1130. The first-order valence-corrected chi connectivity index (χ1v) is 19.6. The molecule has 0 radical (unpaired) electrons. The molecule has 52 heavy (non-hydrogen) atoms. The maximum Gasteiger partial charge on any atom is 0.409 e. The summed E-state index contributed by atoms with van der Waals surface area (Å²) >= 11 is 2.28. The maximum absolute atomic E-state index is 12.6. The van der Waals surface area contributed by atoms with Crippen LogP contribution >= 0.6 is 22.6 Å². The van der Waals surface area contributed by atoms with Gasteiger partial charge in [-0.2, -0.15) is 0 Å². The molecule has 2 aromatic carbocycles. The molecule has 13 nitrogen and oxygen atoms in total. The molecule has 3 rings (SSSR count). The maximum atomic E-state index is 12.6. The van der Waals surface area contributed by atoms with Gasteiger partial charge in [0.1, 0.15) is 6.61 Å². The monoisotopic (exact) mass is 847 g/mol. The van der Waals surface area contributed by atoms with Crippen LogP contribution in [-0.4, -0.2) is 168 Å². The van der Waals surface area contributed by atoms with Gasteiger partial charge >= 0.3 is 6.09 Å². The fraction of sp³-hybridized carbons (Fsp3) is 0.658. The standard InChI is InChI=1S/C38H58INO12/c1-40(38(41)52-32-37-35-8-4-2-6-33(35)34-7-3-5-9-36(34)37)11-13-43-15-17-45-19-21-47-23-25-49-27-29-51-31-30-50-28-26-48-24-22-46-20-18-44-16-14-42-12-10-39/h2-9,37H,10-32H2,1H3. The number of hydrogen-bond donors (Lipinski definition) is 0. The largest absolute Gasteiger partial charge is 0.448 e. The Balaban J connectivity index is 0.988. The number of hydrogen-bond acceptors (Lipinski definition) is 12. The van der Waals surface area contributed by atoms with E-state index >= 15 is 0 Å². The molecular weight excluding hydrogens is 789 g/mol. The Morgan fingerprint density at radius 2 is 0.808 bits per heavy atom. The Hall–Kier alpha value is -1.96. The number of halogens is 1. The van der Waals surface area contributed by atoms with E-state index in [1.54, 1.807) is 7.05 Å². The number of carbonyl (C=O) groups is 1. The van der Waals surface area contributed by atoms with Crippen LogP contribution in [0.3, 0.4) is 0 Å². The molecular formula is C38H58INO12. The fourth-order valence-electron chi connectivity index (χ4n) is 5.13. The van der Waals surface area contributed by atoms with Crippen LogP contribution in [0.2, 0.25) is 0 Å². The van der Waals surface area contributed by atoms with Gasteiger partial charge in [-0.1, -0.05) is 71.1 Å². The Kier molecular flexibility index (Phi) is 26.0. The summed E-state index contributed by atoms with van der Waals surface area (Å²) in [7, 11) is 1.72. The minimum Gasteiger partial charge on any atom is -0.448 e. The molecule has 0 aromatic heterocycles. The number of alkyl halides is 1. The predicted molar refractivity (Wildman–Crippen MR) is 205 cm³/mol. The number of fused-ring (bicyclic) bond motifs is 3. The Morgan fingerprint density at radius 3 is 1.15 bits per heavy atom. The summed E-state index contributed by atoms with van der Waals surface area (Å²) < 4.78 is 61.5. The lowest BCUT2D eigenvalue weighted by atomic mass is 9.98. The van der Waals surface area contributed by atoms with Gasteiger partial charge in [-0.3, -0.25) is 0 Å². The summed E-state index contributed by atoms with van der Waals surface area (Å²) in [5.41, 5.74) is 4.80. The van der Waals surface area contributed by atoms with Crippen molar-refractivity contribution >= 4 is 28.7 Å². The summed E-state index contributed by atoms with van der Waals surface area (Å²) in [6, 6.07) is 16.6. The van der Waals surface area contributed by atoms with E-state index < -0.39 is 0 Å². The fourth-order valence-corrected chi connectivity index (χ4v) is 5.44. The minimum atomic E-state index is -0.363. The summed E-state index contributed by atoms with van der Waals surface area (Å²) in [6.07, 6.45) is -0.363. The van der Waals surface area contributed by atoms with Gasteiger partial charge in [0.2, 0.25) is 0 Å². The minimum absolute atomic E-state index is 0.0404. The molecule has 0 saturated heterocycles. The average Bonchev–Trinajstić information content (AvgIpc) is 3.49. The lowest BCUT2D eigenvalue weighted by Crippen LogP contribution is -2.32. The van der Waals surface area contributed by atoms with Crippen LogP contribution in [-0.2, 0) is 52.1 Å². The molecule has 0 spiro atoms. The van der Waals surface area contributed by atoms with Crippen molar-refractivity contribution in [2.24, 2.45) is 0 Å². The van der Waals surface area contributed by atoms with Gasteiger partial charge < -0.3 is 57.0 Å². The first-order chi connectivity index (χ1) is 25.7. The second-order valence-corrected chi connectivity index (χ2v) is 12.6. The van der Waals surface area contributed by atoms with E-state index in [2.05, 4.69) is 46.9 Å². The van der Waals surface area contributed by atoms with Crippen molar-refractivity contribution in [1.82, 2.24) is 4.90 Å². The number of ether oxygens (including phenoxy) is 11. The van der Waals surface area contributed by atoms with Gasteiger partial charge in [0.15, 0.2) is 0 Å². The van der Waals surface area contributed by atoms with Crippen LogP contribution in [0, 0.1) is 0 Å². The number of rotatable bonds is 34. The number of likely N-dealkylation sites (N-methyl/N-ethyl adjacent to an activating group) is 1. The number of nitrogens with zero attached hydrogens (tertiary/aromatic N) is 1. The number of carbonyl (C=O) groups excluding carboxylic acids is 1. The zero-order chi connectivity index (χ0) is 36.7. The SMILES string of the molecule is CN(CCOCCOCCOCCOCCOCCOCCOCCOCCOCCOCCI)C(=O)OCC1c2ccccc2-c2ccccc21. The molecule has 14 heteroatoms. The average molecular weight is 848 g/mol. The zero-order valence-corrected chi connectivity index (χ0v) is 32.8. The molecule has 0 heterocycles. The normalized spacial score (nSPS) is 12.3. The Morgan fingerprint density at radius 1 is 0.500 bits per heavy atom. The molecule has 0 bridgehead atoms. The van der Waals surface area contributed by atoms with Crippen LogP contribution in [0.15, 0.2) is 48.5 Å².